The van der Waals surface area contributed by atoms with Crippen molar-refractivity contribution in [1.82, 2.24) is 10.6 Å². The van der Waals surface area contributed by atoms with E-state index in [0.717, 1.165) is 12.8 Å². The second-order valence-corrected chi connectivity index (χ2v) is 3.56. The summed E-state index contributed by atoms with van der Waals surface area (Å²) in [6, 6.07) is -0.905. The van der Waals surface area contributed by atoms with Crippen LogP contribution in [0.25, 0.3) is 0 Å². The highest BCUT2D eigenvalue weighted by atomic mass is 16.3. The van der Waals surface area contributed by atoms with Crippen molar-refractivity contribution < 1.29 is 19.5 Å². The van der Waals surface area contributed by atoms with Crippen LogP contribution < -0.4 is 10.6 Å². The number of urea groups is 1. The van der Waals surface area contributed by atoms with E-state index in [2.05, 4.69) is 0 Å². The summed E-state index contributed by atoms with van der Waals surface area (Å²) in [5.74, 6) is -1.97. The summed E-state index contributed by atoms with van der Waals surface area (Å²) >= 11 is 0. The van der Waals surface area contributed by atoms with Crippen LogP contribution in [0.3, 0.4) is 0 Å². The van der Waals surface area contributed by atoms with Crippen LogP contribution in [0.4, 0.5) is 4.79 Å². The first-order valence-electron chi connectivity index (χ1n) is 5.05. The van der Waals surface area contributed by atoms with Crippen LogP contribution in [-0.2, 0) is 9.59 Å². The second-order valence-electron chi connectivity index (χ2n) is 3.56. The van der Waals surface area contributed by atoms with Gasteiger partial charge in [0.15, 0.2) is 0 Å². The van der Waals surface area contributed by atoms with Crippen LogP contribution >= 0.6 is 0 Å². The molecular weight excluding hydrogens is 212 g/mol. The molecule has 0 aliphatic carbocycles. The standard InChI is InChI=1S/C10H14N2O4/c1-2-3-4-5-6-10(16)7(13)11-9(15)12-8(10)14/h4-5,16H,2-3,6H2,1H3,(H2,11,12,13,14,15)/b5-4+. The molecule has 6 heteroatoms. The Morgan fingerprint density at radius 2 is 1.75 bits per heavy atom. The van der Waals surface area contributed by atoms with Crippen LogP contribution in [0.15, 0.2) is 12.2 Å². The molecule has 3 N–H and O–H groups in total. The second kappa shape index (κ2) is 4.89. The van der Waals surface area contributed by atoms with Crippen molar-refractivity contribution in [2.45, 2.75) is 31.8 Å². The van der Waals surface area contributed by atoms with Gasteiger partial charge in [-0.15, -0.1) is 0 Å². The van der Waals surface area contributed by atoms with E-state index in [-0.39, 0.29) is 6.42 Å². The van der Waals surface area contributed by atoms with Crippen LogP contribution in [-0.4, -0.2) is 28.6 Å². The van der Waals surface area contributed by atoms with Gasteiger partial charge in [-0.1, -0.05) is 25.5 Å². The maximum atomic E-state index is 11.3. The monoisotopic (exact) mass is 226 g/mol. The first-order chi connectivity index (χ1) is 7.50. The third-order valence-electron chi connectivity index (χ3n) is 2.24. The molecule has 0 bridgehead atoms. The van der Waals surface area contributed by atoms with E-state index >= 15 is 0 Å². The number of unbranched alkanes of at least 4 members (excludes halogenated alkanes) is 1. The van der Waals surface area contributed by atoms with Gasteiger partial charge in [-0.25, -0.2) is 4.79 Å². The number of nitrogens with one attached hydrogen (secondary N) is 2. The molecule has 4 amide bonds. The number of carbonyl (C=O) groups is 3. The molecule has 0 aromatic heterocycles. The number of hydrogen-bond donors (Lipinski definition) is 3. The van der Waals surface area contributed by atoms with Gasteiger partial charge in [-0.05, 0) is 6.42 Å². The fourth-order valence-corrected chi connectivity index (χ4v) is 1.27. The Hall–Kier alpha value is -1.69. The van der Waals surface area contributed by atoms with Gasteiger partial charge in [0.05, 0.1) is 0 Å². The molecule has 0 aromatic rings. The van der Waals surface area contributed by atoms with Crippen molar-refractivity contribution >= 4 is 17.8 Å². The number of hydrogen-bond acceptors (Lipinski definition) is 4. The van der Waals surface area contributed by atoms with Crippen molar-refractivity contribution in [2.24, 2.45) is 0 Å². The molecule has 0 spiro atoms. The van der Waals surface area contributed by atoms with Crippen molar-refractivity contribution in [3.8, 4) is 0 Å². The lowest BCUT2D eigenvalue weighted by molar-refractivity contribution is -0.154. The van der Waals surface area contributed by atoms with Crippen molar-refractivity contribution in [3.63, 3.8) is 0 Å². The van der Waals surface area contributed by atoms with Gasteiger partial charge in [-0.2, -0.15) is 0 Å². The molecule has 1 fully saturated rings. The molecule has 0 saturated carbocycles. The van der Waals surface area contributed by atoms with Gasteiger partial charge in [-0.3, -0.25) is 20.2 Å². The van der Waals surface area contributed by atoms with Crippen molar-refractivity contribution in [2.75, 3.05) is 0 Å². The average molecular weight is 226 g/mol. The van der Waals surface area contributed by atoms with E-state index in [0.29, 0.717) is 0 Å². The highest BCUT2D eigenvalue weighted by molar-refractivity contribution is 6.21. The summed E-state index contributed by atoms with van der Waals surface area (Å²) in [6.07, 6.45) is 4.93. The predicted octanol–water partition coefficient (Wildman–Crippen LogP) is -0.170. The highest BCUT2D eigenvalue weighted by Gasteiger charge is 2.47. The van der Waals surface area contributed by atoms with E-state index in [4.69, 9.17) is 0 Å². The number of imide groups is 2. The summed E-state index contributed by atoms with van der Waals surface area (Å²) in [5, 5.41) is 13.5. The van der Waals surface area contributed by atoms with E-state index < -0.39 is 23.4 Å². The third-order valence-corrected chi connectivity index (χ3v) is 2.24. The number of rotatable bonds is 4. The number of aliphatic hydroxyl groups is 1. The van der Waals surface area contributed by atoms with E-state index in [9.17, 15) is 19.5 Å². The minimum atomic E-state index is -2.18. The van der Waals surface area contributed by atoms with Gasteiger partial charge in [0.2, 0.25) is 5.60 Å². The maximum Gasteiger partial charge on any atom is 0.328 e. The zero-order valence-corrected chi connectivity index (χ0v) is 8.95. The number of allylic oxidation sites excluding steroid dienone is 1. The smallest absolute Gasteiger partial charge is 0.328 e. The normalized spacial score (nSPS) is 19.8. The fraction of sp³-hybridized carbons (Fsp3) is 0.500. The Morgan fingerprint density at radius 3 is 2.25 bits per heavy atom. The lowest BCUT2D eigenvalue weighted by Gasteiger charge is -2.27. The van der Waals surface area contributed by atoms with Gasteiger partial charge in [0.1, 0.15) is 0 Å². The first-order valence-corrected chi connectivity index (χ1v) is 5.05. The molecule has 0 unspecified atom stereocenters. The minimum absolute atomic E-state index is 0.141. The van der Waals surface area contributed by atoms with Crippen LogP contribution in [0, 0.1) is 0 Å². The van der Waals surface area contributed by atoms with Crippen molar-refractivity contribution in [3.05, 3.63) is 12.2 Å². The number of amides is 4. The molecule has 88 valence electrons. The lowest BCUT2D eigenvalue weighted by Crippen LogP contribution is -2.66. The molecule has 0 radical (unpaired) electrons. The van der Waals surface area contributed by atoms with Crippen LogP contribution in [0.1, 0.15) is 26.2 Å². The SMILES string of the molecule is CCC/C=C/CC1(O)C(=O)NC(=O)NC1=O. The third kappa shape index (κ3) is 2.46. The minimum Gasteiger partial charge on any atom is -0.371 e. The Kier molecular flexibility index (Phi) is 3.78. The molecule has 1 rings (SSSR count). The molecule has 1 aliphatic rings. The fourth-order valence-electron chi connectivity index (χ4n) is 1.27. The summed E-state index contributed by atoms with van der Waals surface area (Å²) in [5.41, 5.74) is -2.18. The Bertz CT molecular complexity index is 329. The van der Waals surface area contributed by atoms with Gasteiger partial charge in [0, 0.05) is 6.42 Å². The van der Waals surface area contributed by atoms with Gasteiger partial charge >= 0.3 is 6.03 Å². The molecule has 1 aliphatic heterocycles. The van der Waals surface area contributed by atoms with Crippen molar-refractivity contribution in [1.29, 1.82) is 0 Å². The molecule has 16 heavy (non-hydrogen) atoms. The summed E-state index contributed by atoms with van der Waals surface area (Å²) in [4.78, 5) is 33.4. The summed E-state index contributed by atoms with van der Waals surface area (Å²) < 4.78 is 0. The van der Waals surface area contributed by atoms with Crippen LogP contribution in [0.5, 0.6) is 0 Å². The maximum absolute atomic E-state index is 11.3. The molecule has 1 heterocycles. The van der Waals surface area contributed by atoms with Gasteiger partial charge in [0.25, 0.3) is 11.8 Å². The zero-order chi connectivity index (χ0) is 12.2. The van der Waals surface area contributed by atoms with Gasteiger partial charge < -0.3 is 5.11 Å². The Morgan fingerprint density at radius 1 is 1.19 bits per heavy atom. The number of barbiturate groups is 1. The molecule has 6 nitrogen and oxygen atoms in total. The molecule has 0 aromatic carbocycles. The lowest BCUT2D eigenvalue weighted by atomic mass is 9.95. The highest BCUT2D eigenvalue weighted by Crippen LogP contribution is 2.15. The Labute approximate surface area is 92.7 Å². The predicted molar refractivity (Wildman–Crippen MR) is 55.3 cm³/mol. The molecule has 0 atom stereocenters. The number of carbonyl (C=O) groups excluding carboxylic acids is 3. The molecular formula is C10H14N2O4. The Balaban J connectivity index is 2.70. The summed E-state index contributed by atoms with van der Waals surface area (Å²) in [7, 11) is 0. The largest absolute Gasteiger partial charge is 0.371 e. The van der Waals surface area contributed by atoms with Crippen LogP contribution in [0.2, 0.25) is 0 Å². The first kappa shape index (κ1) is 12.4. The van der Waals surface area contributed by atoms with E-state index in [1.165, 1.54) is 0 Å². The topological polar surface area (TPSA) is 95.5 Å². The summed E-state index contributed by atoms with van der Waals surface area (Å²) in [6.45, 7) is 1.98. The van der Waals surface area contributed by atoms with E-state index in [1.54, 1.807) is 12.2 Å². The molecule has 1 saturated heterocycles. The van der Waals surface area contributed by atoms with E-state index in [1.807, 2.05) is 17.6 Å². The average Bonchev–Trinajstić information content (AvgIpc) is 2.21. The quantitative estimate of drug-likeness (QED) is 0.458. The zero-order valence-electron chi connectivity index (χ0n) is 8.95.